The highest BCUT2D eigenvalue weighted by Crippen LogP contribution is 2.40. The number of carbonyl (C=O) groups is 1. The van der Waals surface area contributed by atoms with Crippen LogP contribution in [0, 0.1) is 18.6 Å². The third kappa shape index (κ3) is 1.93. The lowest BCUT2D eigenvalue weighted by Gasteiger charge is -2.15. The van der Waals surface area contributed by atoms with Gasteiger partial charge in [0, 0.05) is 17.8 Å². The predicted octanol–water partition coefficient (Wildman–Crippen LogP) is 3.27. The van der Waals surface area contributed by atoms with E-state index >= 15 is 0 Å². The zero-order valence-electron chi connectivity index (χ0n) is 10.9. The number of fused-ring (bicyclic) bond motifs is 1. The molecule has 0 saturated heterocycles. The zero-order valence-corrected chi connectivity index (χ0v) is 11.7. The Morgan fingerprint density at radius 2 is 2.00 bits per heavy atom. The zero-order chi connectivity index (χ0) is 15.5. The van der Waals surface area contributed by atoms with Gasteiger partial charge in [-0.3, -0.25) is 4.79 Å². The summed E-state index contributed by atoms with van der Waals surface area (Å²) in [5, 5.41) is 8.45. The number of carboxylic acids is 1. The van der Waals surface area contributed by atoms with Gasteiger partial charge in [-0.2, -0.15) is 0 Å². The van der Waals surface area contributed by atoms with Gasteiger partial charge in [0.2, 0.25) is 5.43 Å². The van der Waals surface area contributed by atoms with E-state index in [0.717, 1.165) is 19.0 Å². The summed E-state index contributed by atoms with van der Waals surface area (Å²) in [5.41, 5.74) is -1.49. The Labute approximate surface area is 122 Å². The summed E-state index contributed by atoms with van der Waals surface area (Å²) < 4.78 is 29.1. The molecule has 0 aliphatic heterocycles. The van der Waals surface area contributed by atoms with Gasteiger partial charge < -0.3 is 9.67 Å². The molecule has 1 aromatic carbocycles. The van der Waals surface area contributed by atoms with E-state index in [2.05, 4.69) is 0 Å². The number of hydrogen-bond donors (Lipinski definition) is 1. The quantitative estimate of drug-likeness (QED) is 0.866. The summed E-state index contributed by atoms with van der Waals surface area (Å²) in [6.07, 6.45) is 2.70. The van der Waals surface area contributed by atoms with E-state index in [0.29, 0.717) is 0 Å². The molecular formula is C14H10ClF2NO3. The number of pyridine rings is 1. The molecular weight excluding hydrogens is 304 g/mol. The van der Waals surface area contributed by atoms with Gasteiger partial charge in [0.1, 0.15) is 10.6 Å². The van der Waals surface area contributed by atoms with Gasteiger partial charge in [0.05, 0.1) is 10.9 Å². The molecule has 1 heterocycles. The number of aromatic nitrogens is 1. The summed E-state index contributed by atoms with van der Waals surface area (Å²) in [7, 11) is 0. The van der Waals surface area contributed by atoms with E-state index in [1.165, 1.54) is 11.5 Å². The minimum absolute atomic E-state index is 0.0482. The molecule has 1 aromatic heterocycles. The Morgan fingerprint density at radius 3 is 2.52 bits per heavy atom. The van der Waals surface area contributed by atoms with Crippen LogP contribution in [-0.4, -0.2) is 15.6 Å². The standard InChI is InChI=1S/C14H10ClF2NO3/c1-5-8-12(9(15)11(17)10(5)16)18(6-2-3-6)4-7(13(8)19)14(20)21/h4,6H,2-3H2,1H3,(H,20,21). The van der Waals surface area contributed by atoms with E-state index in [1.54, 1.807) is 0 Å². The molecule has 0 amide bonds. The van der Waals surface area contributed by atoms with Crippen LogP contribution >= 0.6 is 11.6 Å². The maximum atomic E-state index is 13.8. The van der Waals surface area contributed by atoms with Crippen molar-refractivity contribution in [2.45, 2.75) is 25.8 Å². The predicted molar refractivity (Wildman–Crippen MR) is 73.1 cm³/mol. The van der Waals surface area contributed by atoms with Gasteiger partial charge in [0.15, 0.2) is 11.6 Å². The first-order valence-electron chi connectivity index (χ1n) is 6.29. The van der Waals surface area contributed by atoms with Crippen LogP contribution < -0.4 is 5.43 Å². The lowest BCUT2D eigenvalue weighted by Crippen LogP contribution is -2.20. The summed E-state index contributed by atoms with van der Waals surface area (Å²) in [5.74, 6) is -3.86. The maximum Gasteiger partial charge on any atom is 0.341 e. The van der Waals surface area contributed by atoms with Crippen molar-refractivity contribution in [3.05, 3.63) is 44.2 Å². The molecule has 1 fully saturated rings. The molecule has 7 heteroatoms. The summed E-state index contributed by atoms with van der Waals surface area (Å²) in [4.78, 5) is 23.5. The molecule has 4 nitrogen and oxygen atoms in total. The van der Waals surface area contributed by atoms with E-state index in [1.807, 2.05) is 0 Å². The number of nitrogens with zero attached hydrogens (tertiary/aromatic N) is 1. The topological polar surface area (TPSA) is 59.3 Å². The van der Waals surface area contributed by atoms with Crippen LogP contribution in [0.25, 0.3) is 10.9 Å². The Morgan fingerprint density at radius 1 is 1.38 bits per heavy atom. The number of benzene rings is 1. The summed E-state index contributed by atoms with van der Waals surface area (Å²) >= 11 is 5.86. The van der Waals surface area contributed by atoms with Crippen LogP contribution in [0.1, 0.15) is 34.8 Å². The van der Waals surface area contributed by atoms with Crippen molar-refractivity contribution in [2.75, 3.05) is 0 Å². The second-order valence-corrected chi connectivity index (χ2v) is 5.48. The second-order valence-electron chi connectivity index (χ2n) is 5.11. The van der Waals surface area contributed by atoms with Gasteiger partial charge in [-0.1, -0.05) is 11.6 Å². The molecule has 110 valence electrons. The molecule has 0 spiro atoms. The van der Waals surface area contributed by atoms with Crippen molar-refractivity contribution in [2.24, 2.45) is 0 Å². The Balaban J connectivity index is 2.59. The van der Waals surface area contributed by atoms with E-state index in [4.69, 9.17) is 16.7 Å². The highest BCUT2D eigenvalue weighted by molar-refractivity contribution is 6.35. The SMILES string of the molecule is Cc1c(F)c(F)c(Cl)c2c1c(=O)c(C(=O)O)cn2C1CC1. The van der Waals surface area contributed by atoms with Crippen molar-refractivity contribution < 1.29 is 18.7 Å². The highest BCUT2D eigenvalue weighted by atomic mass is 35.5. The summed E-state index contributed by atoms with van der Waals surface area (Å²) in [6.45, 7) is 1.24. The van der Waals surface area contributed by atoms with Gasteiger partial charge in [0.25, 0.3) is 0 Å². The molecule has 1 N–H and O–H groups in total. The van der Waals surface area contributed by atoms with E-state index in [-0.39, 0.29) is 22.5 Å². The third-order valence-electron chi connectivity index (χ3n) is 3.70. The first kappa shape index (κ1) is 14.0. The molecule has 3 rings (SSSR count). The van der Waals surface area contributed by atoms with Gasteiger partial charge in [-0.15, -0.1) is 0 Å². The maximum absolute atomic E-state index is 13.8. The van der Waals surface area contributed by atoms with Crippen molar-refractivity contribution in [1.82, 2.24) is 4.57 Å². The number of aryl methyl sites for hydroxylation is 1. The Bertz CT molecular complexity index is 856. The monoisotopic (exact) mass is 313 g/mol. The van der Waals surface area contributed by atoms with Crippen molar-refractivity contribution in [1.29, 1.82) is 0 Å². The Kier molecular flexibility index (Phi) is 3.02. The van der Waals surface area contributed by atoms with Gasteiger partial charge in [-0.25, -0.2) is 13.6 Å². The molecule has 1 saturated carbocycles. The van der Waals surface area contributed by atoms with E-state index < -0.39 is 33.6 Å². The lowest BCUT2D eigenvalue weighted by molar-refractivity contribution is 0.0695. The third-order valence-corrected chi connectivity index (χ3v) is 4.05. The number of hydrogen-bond acceptors (Lipinski definition) is 2. The van der Waals surface area contributed by atoms with Crippen LogP contribution in [0.5, 0.6) is 0 Å². The molecule has 1 aliphatic carbocycles. The average Bonchev–Trinajstić information content (AvgIpc) is 3.26. The first-order valence-corrected chi connectivity index (χ1v) is 6.67. The number of carboxylic acid groups (broad SMARTS) is 1. The normalized spacial score (nSPS) is 14.7. The minimum atomic E-state index is -1.41. The minimum Gasteiger partial charge on any atom is -0.477 e. The van der Waals surface area contributed by atoms with Crippen molar-refractivity contribution in [3.8, 4) is 0 Å². The molecule has 0 radical (unpaired) electrons. The smallest absolute Gasteiger partial charge is 0.341 e. The fourth-order valence-corrected chi connectivity index (χ4v) is 2.75. The van der Waals surface area contributed by atoms with Crippen LogP contribution in [0.4, 0.5) is 8.78 Å². The van der Waals surface area contributed by atoms with Crippen LogP contribution in [0.2, 0.25) is 5.02 Å². The molecule has 0 bridgehead atoms. The Hall–Kier alpha value is -1.95. The summed E-state index contributed by atoms with van der Waals surface area (Å²) in [6, 6.07) is -0.0482. The van der Waals surface area contributed by atoms with Gasteiger partial charge in [-0.05, 0) is 19.8 Å². The van der Waals surface area contributed by atoms with Crippen LogP contribution in [0.15, 0.2) is 11.0 Å². The average molecular weight is 314 g/mol. The fourth-order valence-electron chi connectivity index (χ4n) is 2.47. The number of aromatic carboxylic acids is 1. The molecule has 0 unspecified atom stereocenters. The molecule has 0 atom stereocenters. The lowest BCUT2D eigenvalue weighted by atomic mass is 10.0. The number of halogens is 3. The van der Waals surface area contributed by atoms with Crippen molar-refractivity contribution >= 4 is 28.5 Å². The highest BCUT2D eigenvalue weighted by Gasteiger charge is 2.30. The fraction of sp³-hybridized carbons (Fsp3) is 0.286. The second kappa shape index (κ2) is 4.53. The van der Waals surface area contributed by atoms with Crippen LogP contribution in [0.3, 0.4) is 0 Å². The molecule has 2 aromatic rings. The van der Waals surface area contributed by atoms with Gasteiger partial charge >= 0.3 is 5.97 Å². The van der Waals surface area contributed by atoms with E-state index in [9.17, 15) is 18.4 Å². The molecule has 21 heavy (non-hydrogen) atoms. The van der Waals surface area contributed by atoms with Crippen LogP contribution in [-0.2, 0) is 0 Å². The first-order chi connectivity index (χ1) is 9.84. The largest absolute Gasteiger partial charge is 0.477 e. The molecule has 1 aliphatic rings. The van der Waals surface area contributed by atoms with Crippen molar-refractivity contribution in [3.63, 3.8) is 0 Å². The number of rotatable bonds is 2.